The van der Waals surface area contributed by atoms with Crippen molar-refractivity contribution in [3.05, 3.63) is 40.9 Å². The Kier molecular flexibility index (Phi) is 6.88. The van der Waals surface area contributed by atoms with Crippen molar-refractivity contribution < 1.29 is 14.2 Å². The minimum Gasteiger partial charge on any atom is -0.491 e. The molecular formula is C18H23ClN4O3. The number of anilines is 1. The average molecular weight is 379 g/mol. The van der Waals surface area contributed by atoms with Crippen molar-refractivity contribution >= 4 is 17.4 Å². The predicted molar refractivity (Wildman–Crippen MR) is 100 cm³/mol. The standard InChI is InChI=1S/C18H23ClN4O3/c1-24-18-5-4-17(21-22-18)20-13-14-2-3-16(15(19)12-14)26-11-8-23-6-9-25-10-7-23/h2-5,12H,6-11,13H2,1H3,(H,20,21). The Morgan fingerprint density at radius 1 is 1.19 bits per heavy atom. The molecule has 1 saturated heterocycles. The molecule has 0 radical (unpaired) electrons. The first-order chi connectivity index (χ1) is 12.7. The van der Waals surface area contributed by atoms with Gasteiger partial charge < -0.3 is 19.5 Å². The number of nitrogens with one attached hydrogen (secondary N) is 1. The summed E-state index contributed by atoms with van der Waals surface area (Å²) in [6, 6.07) is 9.36. The van der Waals surface area contributed by atoms with Crippen LogP contribution in [0.15, 0.2) is 30.3 Å². The predicted octanol–water partition coefficient (Wildman–Crippen LogP) is 2.46. The van der Waals surface area contributed by atoms with Crippen LogP contribution in [0.25, 0.3) is 0 Å². The summed E-state index contributed by atoms with van der Waals surface area (Å²) in [5, 5.41) is 11.8. The Balaban J connectivity index is 1.46. The monoisotopic (exact) mass is 378 g/mol. The van der Waals surface area contributed by atoms with Crippen LogP contribution in [0.2, 0.25) is 5.02 Å². The SMILES string of the molecule is COc1ccc(NCc2ccc(OCCN3CCOCC3)c(Cl)c2)nn1. The van der Waals surface area contributed by atoms with E-state index in [1.54, 1.807) is 13.2 Å². The molecule has 26 heavy (non-hydrogen) atoms. The quantitative estimate of drug-likeness (QED) is 0.756. The fraction of sp³-hybridized carbons (Fsp3) is 0.444. The Hall–Kier alpha value is -2.09. The van der Waals surface area contributed by atoms with Crippen LogP contribution in [0.1, 0.15) is 5.56 Å². The zero-order chi connectivity index (χ0) is 18.2. The van der Waals surface area contributed by atoms with Crippen molar-refractivity contribution in [2.75, 3.05) is 51.9 Å². The van der Waals surface area contributed by atoms with Crippen LogP contribution in [-0.2, 0) is 11.3 Å². The molecule has 1 aliphatic rings. The molecule has 0 unspecified atom stereocenters. The van der Waals surface area contributed by atoms with E-state index in [1.807, 2.05) is 24.3 Å². The highest BCUT2D eigenvalue weighted by molar-refractivity contribution is 6.32. The lowest BCUT2D eigenvalue weighted by Crippen LogP contribution is -2.38. The van der Waals surface area contributed by atoms with E-state index in [2.05, 4.69) is 20.4 Å². The minimum absolute atomic E-state index is 0.483. The first kappa shape index (κ1) is 18.7. The lowest BCUT2D eigenvalue weighted by molar-refractivity contribution is 0.0322. The number of hydrogen-bond acceptors (Lipinski definition) is 7. The minimum atomic E-state index is 0.483. The second-order valence-electron chi connectivity index (χ2n) is 5.88. The molecular weight excluding hydrogens is 356 g/mol. The fourth-order valence-corrected chi connectivity index (χ4v) is 2.85. The van der Waals surface area contributed by atoms with Gasteiger partial charge in [0.05, 0.1) is 25.3 Å². The number of rotatable bonds is 8. The Morgan fingerprint density at radius 3 is 2.73 bits per heavy atom. The smallest absolute Gasteiger partial charge is 0.233 e. The molecule has 0 spiro atoms. The summed E-state index contributed by atoms with van der Waals surface area (Å²) in [4.78, 5) is 2.32. The molecule has 0 aliphatic carbocycles. The number of ether oxygens (including phenoxy) is 3. The molecule has 3 rings (SSSR count). The van der Waals surface area contributed by atoms with Gasteiger partial charge in [-0.25, -0.2) is 0 Å². The van der Waals surface area contributed by atoms with Crippen molar-refractivity contribution in [3.63, 3.8) is 0 Å². The van der Waals surface area contributed by atoms with Crippen molar-refractivity contribution in [2.45, 2.75) is 6.54 Å². The van der Waals surface area contributed by atoms with Crippen LogP contribution in [0.3, 0.4) is 0 Å². The van der Waals surface area contributed by atoms with E-state index in [-0.39, 0.29) is 0 Å². The average Bonchev–Trinajstić information content (AvgIpc) is 2.69. The lowest BCUT2D eigenvalue weighted by Gasteiger charge is -2.26. The molecule has 1 aromatic carbocycles. The summed E-state index contributed by atoms with van der Waals surface area (Å²) < 4.78 is 16.1. The summed E-state index contributed by atoms with van der Waals surface area (Å²) in [5.74, 6) is 1.86. The van der Waals surface area contributed by atoms with E-state index in [0.717, 1.165) is 38.4 Å². The van der Waals surface area contributed by atoms with Gasteiger partial charge in [0.25, 0.3) is 0 Å². The van der Waals surface area contributed by atoms with Crippen LogP contribution in [0.4, 0.5) is 5.82 Å². The highest BCUT2D eigenvalue weighted by atomic mass is 35.5. The number of methoxy groups -OCH3 is 1. The van der Waals surface area contributed by atoms with Crippen LogP contribution in [0, 0.1) is 0 Å². The van der Waals surface area contributed by atoms with Gasteiger partial charge in [-0.05, 0) is 23.8 Å². The molecule has 0 saturated carbocycles. The van der Waals surface area contributed by atoms with Gasteiger partial charge in [0.1, 0.15) is 18.2 Å². The Labute approximate surface area is 158 Å². The van der Waals surface area contributed by atoms with Gasteiger partial charge in [-0.1, -0.05) is 17.7 Å². The number of hydrogen-bond donors (Lipinski definition) is 1. The van der Waals surface area contributed by atoms with Crippen molar-refractivity contribution in [3.8, 4) is 11.6 Å². The molecule has 1 fully saturated rings. The topological polar surface area (TPSA) is 68.7 Å². The second-order valence-corrected chi connectivity index (χ2v) is 6.29. The lowest BCUT2D eigenvalue weighted by atomic mass is 10.2. The zero-order valence-corrected chi connectivity index (χ0v) is 15.5. The van der Waals surface area contributed by atoms with Crippen LogP contribution in [-0.4, -0.2) is 61.7 Å². The highest BCUT2D eigenvalue weighted by Crippen LogP contribution is 2.26. The maximum atomic E-state index is 6.34. The third-order valence-corrected chi connectivity index (χ3v) is 4.38. The molecule has 8 heteroatoms. The van der Waals surface area contributed by atoms with E-state index < -0.39 is 0 Å². The van der Waals surface area contributed by atoms with Crippen molar-refractivity contribution in [1.82, 2.24) is 15.1 Å². The van der Waals surface area contributed by atoms with Gasteiger partial charge in [-0.15, -0.1) is 10.2 Å². The number of aromatic nitrogens is 2. The summed E-state index contributed by atoms with van der Waals surface area (Å²) in [6.07, 6.45) is 0. The zero-order valence-electron chi connectivity index (χ0n) is 14.8. The van der Waals surface area contributed by atoms with Gasteiger partial charge in [-0.3, -0.25) is 4.90 Å². The Bertz CT molecular complexity index is 693. The summed E-state index contributed by atoms with van der Waals surface area (Å²) >= 11 is 6.34. The van der Waals surface area contributed by atoms with E-state index in [0.29, 0.717) is 35.6 Å². The number of morpholine rings is 1. The van der Waals surface area contributed by atoms with Gasteiger partial charge in [0.2, 0.25) is 5.88 Å². The van der Waals surface area contributed by atoms with E-state index >= 15 is 0 Å². The second kappa shape index (κ2) is 9.56. The van der Waals surface area contributed by atoms with E-state index in [9.17, 15) is 0 Å². The highest BCUT2D eigenvalue weighted by Gasteiger charge is 2.10. The molecule has 0 amide bonds. The largest absolute Gasteiger partial charge is 0.491 e. The van der Waals surface area contributed by atoms with E-state index in [4.69, 9.17) is 25.8 Å². The Morgan fingerprint density at radius 2 is 2.04 bits per heavy atom. The number of halogens is 1. The van der Waals surface area contributed by atoms with Crippen molar-refractivity contribution in [1.29, 1.82) is 0 Å². The number of benzene rings is 1. The molecule has 2 aromatic rings. The van der Waals surface area contributed by atoms with Crippen LogP contribution >= 0.6 is 11.6 Å². The molecule has 0 bridgehead atoms. The maximum absolute atomic E-state index is 6.34. The normalized spacial score (nSPS) is 14.8. The molecule has 1 aliphatic heterocycles. The van der Waals surface area contributed by atoms with Gasteiger partial charge in [-0.2, -0.15) is 0 Å². The summed E-state index contributed by atoms with van der Waals surface area (Å²) in [5.41, 5.74) is 1.04. The number of nitrogens with zero attached hydrogens (tertiary/aromatic N) is 3. The van der Waals surface area contributed by atoms with Gasteiger partial charge >= 0.3 is 0 Å². The third-order valence-electron chi connectivity index (χ3n) is 4.09. The molecule has 1 aromatic heterocycles. The van der Waals surface area contributed by atoms with E-state index in [1.165, 1.54) is 0 Å². The van der Waals surface area contributed by atoms with Gasteiger partial charge in [0, 0.05) is 32.2 Å². The van der Waals surface area contributed by atoms with Crippen LogP contribution in [0.5, 0.6) is 11.6 Å². The van der Waals surface area contributed by atoms with Crippen molar-refractivity contribution in [2.24, 2.45) is 0 Å². The fourth-order valence-electron chi connectivity index (χ4n) is 2.60. The summed E-state index contributed by atoms with van der Waals surface area (Å²) in [7, 11) is 1.56. The molecule has 1 N–H and O–H groups in total. The molecule has 7 nitrogen and oxygen atoms in total. The molecule has 0 atom stereocenters. The van der Waals surface area contributed by atoms with Crippen LogP contribution < -0.4 is 14.8 Å². The third kappa shape index (κ3) is 5.45. The van der Waals surface area contributed by atoms with Gasteiger partial charge in [0.15, 0.2) is 0 Å². The maximum Gasteiger partial charge on any atom is 0.233 e. The summed E-state index contributed by atoms with van der Waals surface area (Å²) in [6.45, 7) is 5.57. The molecule has 2 heterocycles. The first-order valence-electron chi connectivity index (χ1n) is 8.57. The molecule has 140 valence electrons. The first-order valence-corrected chi connectivity index (χ1v) is 8.95.